The molecule has 0 spiro atoms. The van der Waals surface area contributed by atoms with Gasteiger partial charge in [-0.15, -0.1) is 0 Å². The van der Waals surface area contributed by atoms with Crippen molar-refractivity contribution in [1.29, 1.82) is 0 Å². The third kappa shape index (κ3) is 3.49. The summed E-state index contributed by atoms with van der Waals surface area (Å²) < 4.78 is 0. The average Bonchev–Trinajstić information content (AvgIpc) is 2.21. The molecule has 0 saturated carbocycles. The fraction of sp³-hybridized carbons (Fsp3) is 0.500. The van der Waals surface area contributed by atoms with E-state index in [-0.39, 0.29) is 0 Å². The van der Waals surface area contributed by atoms with Crippen LogP contribution in [0.5, 0.6) is 0 Å². The van der Waals surface area contributed by atoms with E-state index in [2.05, 4.69) is 0 Å². The molecule has 0 radical (unpaired) electrons. The van der Waals surface area contributed by atoms with Gasteiger partial charge < -0.3 is 10.2 Å². The number of aliphatic hydroxyl groups excluding tert-OH is 1. The van der Waals surface area contributed by atoms with E-state index in [0.717, 1.165) is 5.56 Å². The third-order valence-electron chi connectivity index (χ3n) is 2.78. The highest BCUT2D eigenvalue weighted by atomic mass is 35.5. The SMILES string of the molecule is CCC(C)(O)C(O)Cc1ccc(Cl)cc1. The predicted molar refractivity (Wildman–Crippen MR) is 62.1 cm³/mol. The molecule has 3 heteroatoms. The van der Waals surface area contributed by atoms with Crippen LogP contribution < -0.4 is 0 Å². The van der Waals surface area contributed by atoms with E-state index in [4.69, 9.17) is 11.6 Å². The van der Waals surface area contributed by atoms with Crippen molar-refractivity contribution < 1.29 is 10.2 Å². The molecule has 0 fully saturated rings. The van der Waals surface area contributed by atoms with Crippen LogP contribution in [0, 0.1) is 0 Å². The van der Waals surface area contributed by atoms with Gasteiger partial charge in [0.1, 0.15) is 0 Å². The fourth-order valence-electron chi connectivity index (χ4n) is 1.30. The summed E-state index contributed by atoms with van der Waals surface area (Å²) >= 11 is 5.75. The summed E-state index contributed by atoms with van der Waals surface area (Å²) in [6.07, 6.45) is 0.225. The van der Waals surface area contributed by atoms with Crippen LogP contribution in [0.15, 0.2) is 24.3 Å². The van der Waals surface area contributed by atoms with E-state index >= 15 is 0 Å². The van der Waals surface area contributed by atoms with Gasteiger partial charge in [0, 0.05) is 11.4 Å². The Morgan fingerprint density at radius 3 is 2.33 bits per heavy atom. The van der Waals surface area contributed by atoms with Gasteiger partial charge in [-0.1, -0.05) is 30.7 Å². The molecule has 1 aromatic carbocycles. The van der Waals surface area contributed by atoms with Crippen molar-refractivity contribution in [1.82, 2.24) is 0 Å². The molecule has 0 aliphatic heterocycles. The van der Waals surface area contributed by atoms with Crippen LogP contribution in [0.25, 0.3) is 0 Å². The first-order chi connectivity index (χ1) is 6.95. The van der Waals surface area contributed by atoms with Crippen LogP contribution in [-0.4, -0.2) is 21.9 Å². The smallest absolute Gasteiger partial charge is 0.0878 e. The zero-order chi connectivity index (χ0) is 11.5. The molecule has 0 aromatic heterocycles. The van der Waals surface area contributed by atoms with E-state index in [9.17, 15) is 10.2 Å². The van der Waals surface area contributed by atoms with Crippen molar-refractivity contribution in [2.75, 3.05) is 0 Å². The molecule has 0 amide bonds. The Bertz CT molecular complexity index is 306. The average molecular weight is 229 g/mol. The summed E-state index contributed by atoms with van der Waals surface area (Å²) in [5.74, 6) is 0. The summed E-state index contributed by atoms with van der Waals surface area (Å²) in [4.78, 5) is 0. The van der Waals surface area contributed by atoms with Crippen LogP contribution in [0.3, 0.4) is 0 Å². The van der Waals surface area contributed by atoms with E-state index in [0.29, 0.717) is 17.9 Å². The largest absolute Gasteiger partial charge is 0.390 e. The normalized spacial score (nSPS) is 17.1. The van der Waals surface area contributed by atoms with Gasteiger partial charge in [0.05, 0.1) is 11.7 Å². The van der Waals surface area contributed by atoms with Crippen molar-refractivity contribution in [2.45, 2.75) is 38.4 Å². The van der Waals surface area contributed by atoms with E-state index in [1.165, 1.54) is 0 Å². The minimum Gasteiger partial charge on any atom is -0.390 e. The van der Waals surface area contributed by atoms with Gasteiger partial charge >= 0.3 is 0 Å². The van der Waals surface area contributed by atoms with Crippen LogP contribution in [0.4, 0.5) is 0 Å². The zero-order valence-corrected chi connectivity index (χ0v) is 9.83. The molecule has 2 N–H and O–H groups in total. The highest BCUT2D eigenvalue weighted by molar-refractivity contribution is 6.30. The lowest BCUT2D eigenvalue weighted by Crippen LogP contribution is -2.39. The van der Waals surface area contributed by atoms with Crippen molar-refractivity contribution >= 4 is 11.6 Å². The monoisotopic (exact) mass is 228 g/mol. The van der Waals surface area contributed by atoms with E-state index < -0.39 is 11.7 Å². The van der Waals surface area contributed by atoms with Gasteiger partial charge in [-0.25, -0.2) is 0 Å². The summed E-state index contributed by atoms with van der Waals surface area (Å²) in [5.41, 5.74) is -0.0553. The quantitative estimate of drug-likeness (QED) is 0.831. The predicted octanol–water partition coefficient (Wildman–Crippen LogP) is 2.40. The van der Waals surface area contributed by atoms with Crippen molar-refractivity contribution in [2.24, 2.45) is 0 Å². The second-order valence-electron chi connectivity index (χ2n) is 4.06. The number of hydrogen-bond acceptors (Lipinski definition) is 2. The standard InChI is InChI=1S/C12H17ClO2/c1-3-12(2,15)11(14)8-9-4-6-10(13)7-5-9/h4-7,11,14-15H,3,8H2,1-2H3. The molecular weight excluding hydrogens is 212 g/mol. The maximum Gasteiger partial charge on any atom is 0.0878 e. The molecule has 0 aliphatic carbocycles. The maximum absolute atomic E-state index is 9.83. The Hall–Kier alpha value is -0.570. The number of benzene rings is 1. The van der Waals surface area contributed by atoms with Gasteiger partial charge in [-0.2, -0.15) is 0 Å². The molecular formula is C12H17ClO2. The summed E-state index contributed by atoms with van der Waals surface area (Å²) in [6.45, 7) is 3.50. The molecule has 84 valence electrons. The first-order valence-electron chi connectivity index (χ1n) is 5.10. The van der Waals surface area contributed by atoms with Gasteiger partial charge in [-0.05, 0) is 31.0 Å². The molecule has 2 unspecified atom stereocenters. The second kappa shape index (κ2) is 4.97. The van der Waals surface area contributed by atoms with Gasteiger partial charge in [0.25, 0.3) is 0 Å². The molecule has 0 aliphatic rings. The topological polar surface area (TPSA) is 40.5 Å². The third-order valence-corrected chi connectivity index (χ3v) is 3.03. The van der Waals surface area contributed by atoms with Gasteiger partial charge in [-0.3, -0.25) is 0 Å². The van der Waals surface area contributed by atoms with Crippen molar-refractivity contribution in [3.05, 3.63) is 34.9 Å². The van der Waals surface area contributed by atoms with Crippen LogP contribution in [0.1, 0.15) is 25.8 Å². The maximum atomic E-state index is 9.83. The molecule has 0 bridgehead atoms. The molecule has 1 aromatic rings. The number of aliphatic hydroxyl groups is 2. The van der Waals surface area contributed by atoms with E-state index in [1.807, 2.05) is 19.1 Å². The summed E-state index contributed by atoms with van der Waals surface area (Å²) in [7, 11) is 0. The first-order valence-corrected chi connectivity index (χ1v) is 5.48. The number of halogens is 1. The second-order valence-corrected chi connectivity index (χ2v) is 4.49. The van der Waals surface area contributed by atoms with Crippen LogP contribution >= 0.6 is 11.6 Å². The Morgan fingerprint density at radius 1 is 1.33 bits per heavy atom. The summed E-state index contributed by atoms with van der Waals surface area (Å²) in [6, 6.07) is 7.28. The molecule has 15 heavy (non-hydrogen) atoms. The van der Waals surface area contributed by atoms with Crippen LogP contribution in [-0.2, 0) is 6.42 Å². The molecule has 2 nitrogen and oxygen atoms in total. The van der Waals surface area contributed by atoms with Crippen molar-refractivity contribution in [3.63, 3.8) is 0 Å². The van der Waals surface area contributed by atoms with Crippen LogP contribution in [0.2, 0.25) is 5.02 Å². The molecule has 0 saturated heterocycles. The molecule has 0 heterocycles. The van der Waals surface area contributed by atoms with Gasteiger partial charge in [0.2, 0.25) is 0 Å². The lowest BCUT2D eigenvalue weighted by molar-refractivity contribution is -0.0629. The van der Waals surface area contributed by atoms with Crippen molar-refractivity contribution in [3.8, 4) is 0 Å². The fourth-order valence-corrected chi connectivity index (χ4v) is 1.43. The first kappa shape index (κ1) is 12.5. The Labute approximate surface area is 95.5 Å². The highest BCUT2D eigenvalue weighted by Crippen LogP contribution is 2.19. The molecule has 2 atom stereocenters. The zero-order valence-electron chi connectivity index (χ0n) is 9.07. The summed E-state index contributed by atoms with van der Waals surface area (Å²) in [5, 5.41) is 20.3. The lowest BCUT2D eigenvalue weighted by Gasteiger charge is -2.27. The highest BCUT2D eigenvalue weighted by Gasteiger charge is 2.27. The van der Waals surface area contributed by atoms with E-state index in [1.54, 1.807) is 19.1 Å². The number of rotatable bonds is 4. The number of hydrogen-bond donors (Lipinski definition) is 2. The Morgan fingerprint density at radius 2 is 1.87 bits per heavy atom. The lowest BCUT2D eigenvalue weighted by atomic mass is 9.91. The minimum absolute atomic E-state index is 0.442. The Kier molecular flexibility index (Phi) is 4.14. The Balaban J connectivity index is 2.66. The molecule has 1 rings (SSSR count). The minimum atomic E-state index is -1.03. The van der Waals surface area contributed by atoms with Gasteiger partial charge in [0.15, 0.2) is 0 Å².